The molecule has 41 heteroatoms. The van der Waals surface area contributed by atoms with Crippen molar-refractivity contribution in [2.45, 2.75) is 224 Å². The van der Waals surface area contributed by atoms with Gasteiger partial charge in [0, 0.05) is 62.7 Å². The topological polar surface area (TPSA) is 644 Å². The number of hydrogen-bond acceptors (Lipinski definition) is 22. The number of imidazole rings is 2. The summed E-state index contributed by atoms with van der Waals surface area (Å²) in [7, 11) is 0. The number of nitrogens with one attached hydrogen (secondary N) is 13. The van der Waals surface area contributed by atoms with Crippen LogP contribution in [0.3, 0.4) is 0 Å². The number of likely N-dealkylation sites (tertiary alicyclic amines) is 2. The zero-order chi connectivity index (χ0) is 80.8. The van der Waals surface area contributed by atoms with E-state index >= 15 is 0 Å². The van der Waals surface area contributed by atoms with Crippen molar-refractivity contribution >= 4 is 94.7 Å². The number of aliphatic hydroxyl groups excluding tert-OH is 3. The second kappa shape index (κ2) is 44.0. The normalized spacial score (nSPS) is 17.8. The first-order chi connectivity index (χ1) is 50.9. The number of carboxylic acids is 2. The number of carbonyl (C=O) groups is 15. The number of carbonyl (C=O) groups excluding carboxylic acids is 13. The molecule has 4 heterocycles. The standard InChI is InChI=1S/C67H109N21O20/c1-10-35(8)53(66(108)88-21-13-16-47(88)61(103)79-41(22-32(2)3)54(96)74-27-49(94)95)86-57(99)42(23-37-25-71-30-75-37)80-63(105)51(33(4)5)85-56(98)40(17-18-48(92)93)77-58(100)44(28-89)82-59(101)45(29-90)83-64(106)52(34(6)7)84-55(97)39(14-11-19-73-67(69)70)78-60(102)46-15-12-20-87(46)65(107)43(24-38-26-72-31-76-38)81-62(104)50(68)36(9)91/h25-26,30-36,39-47,50-53,89-91H,10-24,27-29,68H2,1-9H3,(H,71,75)(H,72,76)(H,74,96)(H,77,100)(H,78,102)(H,79,103)(H,80,105)(H,81,104)(H,82,101)(H,83,106)(H,84,97)(H,85,98)(H,86,99)(H,92,93)(H,94,95)(H4,69,70,73)/t35-,36+,39-,40-,41-,42-,43-,44-,45-,46-,47-,50-,51-,52-,53-/m0/s1. The summed E-state index contributed by atoms with van der Waals surface area (Å²) >= 11 is 0. The lowest BCUT2D eigenvalue weighted by Crippen LogP contribution is -2.62. The van der Waals surface area contributed by atoms with Gasteiger partial charge in [-0.05, 0) is 82.0 Å². The maximum Gasteiger partial charge on any atom is 0.322 e. The van der Waals surface area contributed by atoms with E-state index in [4.69, 9.17) is 22.3 Å². The first-order valence-corrected chi connectivity index (χ1v) is 35.9. The third-order valence-electron chi connectivity index (χ3n) is 18.2. The lowest BCUT2D eigenvalue weighted by Gasteiger charge is -2.33. The number of nitrogens with zero attached hydrogens (tertiary/aromatic N) is 5. The molecule has 0 spiro atoms. The summed E-state index contributed by atoms with van der Waals surface area (Å²) in [5.41, 5.74) is 17.7. The number of aliphatic imine (C=N–C) groups is 1. The molecule has 0 bridgehead atoms. The first-order valence-electron chi connectivity index (χ1n) is 35.9. The number of rotatable bonds is 45. The number of carboxylic acid groups (broad SMARTS) is 2. The Morgan fingerprint density at radius 1 is 0.537 bits per heavy atom. The number of aliphatic carboxylic acids is 2. The van der Waals surface area contributed by atoms with Gasteiger partial charge in [-0.1, -0.05) is 61.8 Å². The van der Waals surface area contributed by atoms with Crippen LogP contribution in [0.15, 0.2) is 30.0 Å². The molecule has 0 unspecified atom stereocenters. The highest BCUT2D eigenvalue weighted by Gasteiger charge is 2.44. The van der Waals surface area contributed by atoms with Crippen LogP contribution in [0.5, 0.6) is 0 Å². The molecular weight excluding hydrogens is 1420 g/mol. The van der Waals surface area contributed by atoms with Gasteiger partial charge in [-0.15, -0.1) is 0 Å². The fourth-order valence-corrected chi connectivity index (χ4v) is 11.9. The Morgan fingerprint density at radius 3 is 1.42 bits per heavy atom. The van der Waals surface area contributed by atoms with E-state index in [1.54, 1.807) is 27.7 Å². The van der Waals surface area contributed by atoms with Crippen LogP contribution in [0, 0.1) is 23.7 Å². The molecule has 602 valence electrons. The Hall–Kier alpha value is -10.4. The van der Waals surface area contributed by atoms with Gasteiger partial charge >= 0.3 is 11.9 Å². The van der Waals surface area contributed by atoms with Crippen molar-refractivity contribution in [3.05, 3.63) is 36.4 Å². The minimum Gasteiger partial charge on any atom is -0.481 e. The summed E-state index contributed by atoms with van der Waals surface area (Å²) < 4.78 is 0. The third kappa shape index (κ3) is 28.1. The fourth-order valence-electron chi connectivity index (χ4n) is 11.9. The molecule has 2 aliphatic heterocycles. The van der Waals surface area contributed by atoms with Gasteiger partial charge in [0.25, 0.3) is 0 Å². The molecule has 2 aliphatic rings. The van der Waals surface area contributed by atoms with Gasteiger partial charge in [0.1, 0.15) is 85.1 Å². The van der Waals surface area contributed by atoms with Crippen molar-refractivity contribution in [2.75, 3.05) is 39.4 Å². The highest BCUT2D eigenvalue weighted by atomic mass is 16.4. The minimum atomic E-state index is -1.98. The van der Waals surface area contributed by atoms with Crippen molar-refractivity contribution in [3.63, 3.8) is 0 Å². The van der Waals surface area contributed by atoms with Crippen molar-refractivity contribution in [2.24, 2.45) is 45.9 Å². The Labute approximate surface area is 623 Å². The molecule has 2 fully saturated rings. The number of aromatic nitrogens is 4. The first kappa shape index (κ1) is 90.0. The summed E-state index contributed by atoms with van der Waals surface area (Å²) in [6, 6.07) is -19.2. The average Bonchev–Trinajstić information content (AvgIpc) is 1.59. The largest absolute Gasteiger partial charge is 0.481 e. The Bertz CT molecular complexity index is 3420. The number of hydrogen-bond donors (Lipinski definition) is 21. The number of nitrogens with two attached hydrogens (primary N) is 3. The second-order valence-corrected chi connectivity index (χ2v) is 28.0. The SMILES string of the molecule is CC[C@H](C)[C@H](NC(=O)[C@H](Cc1cnc[nH]1)NC(=O)[C@@H](NC(=O)[C@H](CCC(=O)O)NC(=O)[C@H](CO)NC(=O)[C@H](CO)NC(=O)[C@@H](NC(=O)[C@H](CCCN=C(N)N)NC(=O)[C@@H]1CCCN1C(=O)[C@H](Cc1cnc[nH]1)NC(=O)[C@@H](N)[C@@H](C)O)C(C)C)C(C)C)C(=O)N1CCC[C@H]1C(=O)N[C@@H](CC(C)C)C(=O)NCC(=O)O. The van der Waals surface area contributed by atoms with E-state index in [1.807, 2.05) is 0 Å². The molecule has 24 N–H and O–H groups in total. The maximum absolute atomic E-state index is 14.6. The molecule has 13 amide bonds. The molecular formula is C67H109N21O20. The number of amides is 13. The van der Waals surface area contributed by atoms with Gasteiger partial charge < -0.3 is 121 Å². The van der Waals surface area contributed by atoms with Gasteiger partial charge in [0.15, 0.2) is 5.96 Å². The molecule has 2 saturated heterocycles. The van der Waals surface area contributed by atoms with Crippen LogP contribution in [-0.4, -0.2) is 274 Å². The van der Waals surface area contributed by atoms with Crippen LogP contribution in [-0.2, 0) is 84.8 Å². The predicted octanol–water partition coefficient (Wildman–Crippen LogP) is -7.04. The van der Waals surface area contributed by atoms with E-state index in [1.165, 1.54) is 69.5 Å². The molecule has 108 heavy (non-hydrogen) atoms. The predicted molar refractivity (Wildman–Crippen MR) is 383 cm³/mol. The summed E-state index contributed by atoms with van der Waals surface area (Å²) in [4.78, 5) is 226. The van der Waals surface area contributed by atoms with Crippen LogP contribution in [0.25, 0.3) is 0 Å². The van der Waals surface area contributed by atoms with E-state index < -0.39 is 224 Å². The lowest BCUT2D eigenvalue weighted by atomic mass is 9.96. The van der Waals surface area contributed by atoms with Gasteiger partial charge in [-0.2, -0.15) is 0 Å². The van der Waals surface area contributed by atoms with Crippen molar-refractivity contribution in [3.8, 4) is 0 Å². The van der Waals surface area contributed by atoms with Gasteiger partial charge in [-0.3, -0.25) is 76.9 Å². The summed E-state index contributed by atoms with van der Waals surface area (Å²) in [5, 5.41) is 77.1. The summed E-state index contributed by atoms with van der Waals surface area (Å²) in [5.74, 6) is -17.3. The number of H-pyrrole nitrogens is 2. The zero-order valence-electron chi connectivity index (χ0n) is 62.3. The lowest BCUT2D eigenvalue weighted by molar-refractivity contribution is -0.144. The van der Waals surface area contributed by atoms with Crippen LogP contribution in [0.4, 0.5) is 0 Å². The van der Waals surface area contributed by atoms with E-state index in [0.29, 0.717) is 30.7 Å². The Kier molecular flexibility index (Phi) is 36.7. The van der Waals surface area contributed by atoms with E-state index in [0.717, 1.165) is 0 Å². The monoisotopic (exact) mass is 1530 g/mol. The highest BCUT2D eigenvalue weighted by Crippen LogP contribution is 2.24. The quantitative estimate of drug-likeness (QED) is 0.0166. The summed E-state index contributed by atoms with van der Waals surface area (Å²) in [6.45, 7) is 11.4. The highest BCUT2D eigenvalue weighted by molar-refractivity contribution is 6.00. The van der Waals surface area contributed by atoms with Crippen LogP contribution in [0.2, 0.25) is 0 Å². The van der Waals surface area contributed by atoms with Crippen LogP contribution < -0.4 is 75.7 Å². The fraction of sp³-hybridized carbons (Fsp3) is 0.672. The van der Waals surface area contributed by atoms with Gasteiger partial charge in [0.05, 0.1) is 32.0 Å². The number of guanidine groups is 1. The average molecular weight is 1530 g/mol. The molecule has 0 saturated carbocycles. The van der Waals surface area contributed by atoms with Crippen molar-refractivity contribution < 1.29 is 97.5 Å². The van der Waals surface area contributed by atoms with E-state index in [-0.39, 0.29) is 76.5 Å². The Balaban J connectivity index is 1.50. The second-order valence-electron chi connectivity index (χ2n) is 28.0. The molecule has 41 nitrogen and oxygen atoms in total. The van der Waals surface area contributed by atoms with Crippen LogP contribution in [0.1, 0.15) is 138 Å². The van der Waals surface area contributed by atoms with Gasteiger partial charge in [0.2, 0.25) is 76.8 Å². The molecule has 0 aliphatic carbocycles. The molecule has 2 aromatic rings. The number of aromatic amines is 2. The maximum atomic E-state index is 14.6. The zero-order valence-corrected chi connectivity index (χ0v) is 62.3. The van der Waals surface area contributed by atoms with Crippen molar-refractivity contribution in [1.82, 2.24) is 88.2 Å². The third-order valence-corrected chi connectivity index (χ3v) is 18.2. The molecule has 0 radical (unpaired) electrons. The molecule has 15 atom stereocenters. The summed E-state index contributed by atoms with van der Waals surface area (Å²) in [6.07, 6.45) is 3.79. The van der Waals surface area contributed by atoms with Gasteiger partial charge in [-0.25, -0.2) is 9.97 Å². The minimum absolute atomic E-state index is 0.0188. The molecule has 4 rings (SSSR count). The Morgan fingerprint density at radius 2 is 0.972 bits per heavy atom. The molecule has 2 aromatic heterocycles. The van der Waals surface area contributed by atoms with E-state index in [9.17, 15) is 92.3 Å². The van der Waals surface area contributed by atoms with Crippen LogP contribution >= 0.6 is 0 Å². The number of aliphatic hydroxyl groups is 3. The smallest absolute Gasteiger partial charge is 0.322 e. The van der Waals surface area contributed by atoms with Crippen molar-refractivity contribution in [1.29, 1.82) is 0 Å². The van der Waals surface area contributed by atoms with E-state index in [2.05, 4.69) is 83.4 Å². The molecule has 0 aromatic carbocycles.